The standard InChI is InChI=1S/C21H20ClN3O4/c1-11(2)27-19-17(22)9-15(10-23-19)18-24-21(25-29-18)28-20(26)14-7-13-6-4-5-12(3)16(13)8-14/h4-6,9-11,14H,7-8H2,1-3H3. The number of benzene rings is 1. The number of carbonyl (C=O) groups excluding carboxylic acids is 1. The van der Waals surface area contributed by atoms with Crippen LogP contribution >= 0.6 is 11.6 Å². The number of esters is 1. The quantitative estimate of drug-likeness (QED) is 0.579. The van der Waals surface area contributed by atoms with Crippen molar-refractivity contribution >= 4 is 17.6 Å². The molecule has 8 heteroatoms. The number of rotatable bonds is 5. The van der Waals surface area contributed by atoms with Crippen LogP contribution in [0.1, 0.15) is 30.5 Å². The maximum Gasteiger partial charge on any atom is 0.362 e. The van der Waals surface area contributed by atoms with Gasteiger partial charge in [0.05, 0.1) is 17.6 Å². The summed E-state index contributed by atoms with van der Waals surface area (Å²) in [5.41, 5.74) is 4.09. The molecule has 0 saturated heterocycles. The van der Waals surface area contributed by atoms with Gasteiger partial charge in [0.25, 0.3) is 5.89 Å². The van der Waals surface area contributed by atoms with E-state index in [9.17, 15) is 4.79 Å². The van der Waals surface area contributed by atoms with Crippen molar-refractivity contribution in [3.63, 3.8) is 0 Å². The first-order valence-electron chi connectivity index (χ1n) is 9.36. The van der Waals surface area contributed by atoms with Crippen LogP contribution in [0.5, 0.6) is 11.9 Å². The molecule has 0 bridgehead atoms. The van der Waals surface area contributed by atoms with Crippen molar-refractivity contribution in [1.29, 1.82) is 0 Å². The minimum atomic E-state index is -0.371. The van der Waals surface area contributed by atoms with Crippen LogP contribution in [0.15, 0.2) is 35.0 Å². The zero-order chi connectivity index (χ0) is 20.5. The molecular formula is C21H20ClN3O4. The molecule has 7 nitrogen and oxygen atoms in total. The summed E-state index contributed by atoms with van der Waals surface area (Å²) in [5.74, 6) is -0.141. The lowest BCUT2D eigenvalue weighted by Gasteiger charge is -2.09. The van der Waals surface area contributed by atoms with Crippen LogP contribution in [0.25, 0.3) is 11.5 Å². The Morgan fingerprint density at radius 3 is 2.86 bits per heavy atom. The number of carbonyl (C=O) groups is 1. The Bertz CT molecular complexity index is 1060. The van der Waals surface area contributed by atoms with Gasteiger partial charge in [-0.15, -0.1) is 0 Å². The molecule has 0 spiro atoms. The Labute approximate surface area is 173 Å². The van der Waals surface area contributed by atoms with E-state index in [0.29, 0.717) is 29.3 Å². The van der Waals surface area contributed by atoms with Crippen LogP contribution in [-0.4, -0.2) is 27.2 Å². The minimum absolute atomic E-state index is 0.0502. The predicted octanol–water partition coefficient (Wildman–Crippen LogP) is 4.20. The summed E-state index contributed by atoms with van der Waals surface area (Å²) in [5, 5.41) is 4.07. The van der Waals surface area contributed by atoms with Gasteiger partial charge < -0.3 is 14.0 Å². The van der Waals surface area contributed by atoms with E-state index in [1.807, 2.05) is 26.0 Å². The van der Waals surface area contributed by atoms with Crippen molar-refractivity contribution < 1.29 is 18.8 Å². The molecule has 29 heavy (non-hydrogen) atoms. The first kappa shape index (κ1) is 19.4. The molecular weight excluding hydrogens is 394 g/mol. The van der Waals surface area contributed by atoms with E-state index >= 15 is 0 Å². The molecule has 0 radical (unpaired) electrons. The van der Waals surface area contributed by atoms with E-state index in [0.717, 1.165) is 0 Å². The third-order valence-electron chi connectivity index (χ3n) is 4.76. The van der Waals surface area contributed by atoms with E-state index in [1.165, 1.54) is 22.9 Å². The lowest BCUT2D eigenvalue weighted by Crippen LogP contribution is -2.21. The highest BCUT2D eigenvalue weighted by atomic mass is 35.5. The molecule has 0 saturated carbocycles. The van der Waals surface area contributed by atoms with Crippen molar-refractivity contribution in [3.8, 4) is 23.3 Å². The SMILES string of the molecule is Cc1cccc2c1CC(C(=O)Oc1noc(-c3cnc(OC(C)C)c(Cl)c3)n1)C2. The number of aryl methyl sites for hydroxylation is 1. The first-order valence-corrected chi connectivity index (χ1v) is 9.74. The molecule has 150 valence electrons. The Balaban J connectivity index is 1.44. The Hall–Kier alpha value is -2.93. The summed E-state index contributed by atoms with van der Waals surface area (Å²) in [4.78, 5) is 20.8. The monoisotopic (exact) mass is 413 g/mol. The third kappa shape index (κ3) is 4.10. The van der Waals surface area contributed by atoms with Gasteiger partial charge in [0.1, 0.15) is 5.02 Å². The fourth-order valence-electron chi connectivity index (χ4n) is 3.39. The van der Waals surface area contributed by atoms with E-state index in [4.69, 9.17) is 25.6 Å². The molecule has 1 aliphatic rings. The molecule has 2 heterocycles. The molecule has 0 aliphatic heterocycles. The maximum atomic E-state index is 12.5. The highest BCUT2D eigenvalue weighted by Gasteiger charge is 2.30. The Morgan fingerprint density at radius 2 is 2.14 bits per heavy atom. The summed E-state index contributed by atoms with van der Waals surface area (Å²) in [7, 11) is 0. The molecule has 1 unspecified atom stereocenters. The molecule has 2 aromatic heterocycles. The second-order valence-electron chi connectivity index (χ2n) is 7.30. The van der Waals surface area contributed by atoms with Gasteiger partial charge >= 0.3 is 12.0 Å². The number of fused-ring (bicyclic) bond motifs is 1. The summed E-state index contributed by atoms with van der Waals surface area (Å²) >= 11 is 6.19. The average molecular weight is 414 g/mol. The lowest BCUT2D eigenvalue weighted by atomic mass is 10.0. The number of halogens is 1. The van der Waals surface area contributed by atoms with E-state index in [1.54, 1.807) is 6.07 Å². The topological polar surface area (TPSA) is 87.3 Å². The van der Waals surface area contributed by atoms with E-state index < -0.39 is 0 Å². The normalized spacial score (nSPS) is 15.4. The van der Waals surface area contributed by atoms with Gasteiger partial charge in [0, 0.05) is 6.20 Å². The molecule has 0 amide bonds. The highest BCUT2D eigenvalue weighted by molar-refractivity contribution is 6.32. The van der Waals surface area contributed by atoms with Gasteiger partial charge in [0.15, 0.2) is 0 Å². The van der Waals surface area contributed by atoms with E-state index in [2.05, 4.69) is 28.1 Å². The summed E-state index contributed by atoms with van der Waals surface area (Å²) in [6, 6.07) is 7.59. The highest BCUT2D eigenvalue weighted by Crippen LogP contribution is 2.31. The lowest BCUT2D eigenvalue weighted by molar-refractivity contribution is -0.139. The van der Waals surface area contributed by atoms with Gasteiger partial charge in [0.2, 0.25) is 5.88 Å². The summed E-state index contributed by atoms with van der Waals surface area (Å²) in [6.45, 7) is 5.82. The number of hydrogen-bond acceptors (Lipinski definition) is 7. The zero-order valence-corrected chi connectivity index (χ0v) is 17.1. The van der Waals surface area contributed by atoms with Crippen LogP contribution in [0, 0.1) is 12.8 Å². The third-order valence-corrected chi connectivity index (χ3v) is 5.03. The average Bonchev–Trinajstić information content (AvgIpc) is 3.31. The van der Waals surface area contributed by atoms with Crippen molar-refractivity contribution in [2.24, 2.45) is 5.92 Å². The zero-order valence-electron chi connectivity index (χ0n) is 16.3. The molecule has 4 rings (SSSR count). The molecule has 1 aromatic carbocycles. The minimum Gasteiger partial charge on any atom is -0.474 e. The van der Waals surface area contributed by atoms with Gasteiger partial charge in [-0.3, -0.25) is 4.79 Å². The second kappa shape index (κ2) is 7.83. The van der Waals surface area contributed by atoms with Gasteiger partial charge in [-0.2, -0.15) is 4.98 Å². The van der Waals surface area contributed by atoms with Crippen LogP contribution in [0.3, 0.4) is 0 Å². The number of aromatic nitrogens is 3. The number of pyridine rings is 1. The summed E-state index contributed by atoms with van der Waals surface area (Å²) in [6.07, 6.45) is 2.77. The molecule has 0 fully saturated rings. The van der Waals surface area contributed by atoms with Gasteiger partial charge in [-0.05, 0) is 61.5 Å². The molecule has 1 aliphatic carbocycles. The fourth-order valence-corrected chi connectivity index (χ4v) is 3.60. The number of ether oxygens (including phenoxy) is 2. The van der Waals surface area contributed by atoms with Gasteiger partial charge in [-0.1, -0.05) is 29.8 Å². The van der Waals surface area contributed by atoms with Crippen molar-refractivity contribution in [3.05, 3.63) is 52.2 Å². The second-order valence-corrected chi connectivity index (χ2v) is 7.71. The Morgan fingerprint density at radius 1 is 1.31 bits per heavy atom. The first-order chi connectivity index (χ1) is 13.9. The van der Waals surface area contributed by atoms with E-state index in [-0.39, 0.29) is 29.9 Å². The number of hydrogen-bond donors (Lipinski definition) is 0. The predicted molar refractivity (Wildman–Crippen MR) is 106 cm³/mol. The fraction of sp³-hybridized carbons (Fsp3) is 0.333. The molecule has 0 N–H and O–H groups in total. The molecule has 3 aromatic rings. The van der Waals surface area contributed by atoms with Gasteiger partial charge in [-0.25, -0.2) is 4.98 Å². The van der Waals surface area contributed by atoms with Crippen molar-refractivity contribution in [2.45, 2.75) is 39.7 Å². The largest absolute Gasteiger partial charge is 0.474 e. The van der Waals surface area contributed by atoms with Crippen LogP contribution in [-0.2, 0) is 17.6 Å². The van der Waals surface area contributed by atoms with Crippen LogP contribution in [0.4, 0.5) is 0 Å². The maximum absolute atomic E-state index is 12.5. The Kier molecular flexibility index (Phi) is 5.24. The van der Waals surface area contributed by atoms with Crippen molar-refractivity contribution in [1.82, 2.24) is 15.1 Å². The van der Waals surface area contributed by atoms with Crippen LogP contribution in [0.2, 0.25) is 5.02 Å². The van der Waals surface area contributed by atoms with Crippen molar-refractivity contribution in [2.75, 3.05) is 0 Å². The van der Waals surface area contributed by atoms with Crippen LogP contribution < -0.4 is 9.47 Å². The molecule has 1 atom stereocenters. The smallest absolute Gasteiger partial charge is 0.362 e. The number of nitrogens with zero attached hydrogens (tertiary/aromatic N) is 3. The summed E-state index contributed by atoms with van der Waals surface area (Å²) < 4.78 is 16.0.